The van der Waals surface area contributed by atoms with Crippen molar-refractivity contribution in [3.63, 3.8) is 0 Å². The lowest BCUT2D eigenvalue weighted by atomic mass is 10.3. The Balaban J connectivity index is 1.43. The lowest BCUT2D eigenvalue weighted by Gasteiger charge is -2.04. The highest BCUT2D eigenvalue weighted by Crippen LogP contribution is 2.41. The minimum Gasteiger partial charge on any atom is -0.410 e. The Morgan fingerprint density at radius 2 is 2.06 bits per heavy atom. The van der Waals surface area contributed by atoms with Crippen LogP contribution in [0.25, 0.3) is 10.8 Å². The van der Waals surface area contributed by atoms with Crippen LogP contribution in [0.2, 0.25) is 0 Å². The number of nitrogens with zero attached hydrogens (tertiary/aromatic N) is 8. The van der Waals surface area contributed by atoms with Crippen molar-refractivity contribution in [2.24, 2.45) is 0 Å². The van der Waals surface area contributed by atoms with Crippen LogP contribution in [0.5, 0.6) is 0 Å². The number of anilines is 2. The van der Waals surface area contributed by atoms with Crippen molar-refractivity contribution in [1.29, 1.82) is 0 Å². The molecule has 0 aliphatic carbocycles. The van der Waals surface area contributed by atoms with Crippen LogP contribution >= 0.6 is 23.1 Å². The van der Waals surface area contributed by atoms with E-state index in [1.54, 1.807) is 24.0 Å². The molecule has 168 valence electrons. The highest BCUT2D eigenvalue weighted by molar-refractivity contribution is 7.98. The van der Waals surface area contributed by atoms with Crippen molar-refractivity contribution < 1.29 is 17.6 Å². The van der Waals surface area contributed by atoms with E-state index in [4.69, 9.17) is 10.2 Å². The zero-order valence-electron chi connectivity index (χ0n) is 16.6. The average Bonchev–Trinajstić information content (AvgIpc) is 3.47. The Morgan fingerprint density at radius 3 is 2.78 bits per heavy atom. The number of aryl methyl sites for hydroxylation is 1. The molecule has 0 fully saturated rings. The lowest BCUT2D eigenvalue weighted by molar-refractivity contribution is -0.140. The summed E-state index contributed by atoms with van der Waals surface area (Å²) >= 11 is 1.90. The minimum absolute atomic E-state index is 0.0935. The molecule has 0 aliphatic heterocycles. The van der Waals surface area contributed by atoms with Crippen LogP contribution in [-0.4, -0.2) is 47.2 Å². The first-order chi connectivity index (χ1) is 15.2. The van der Waals surface area contributed by atoms with E-state index in [0.29, 0.717) is 35.2 Å². The van der Waals surface area contributed by atoms with Gasteiger partial charge in [-0.25, -0.2) is 19.6 Å². The van der Waals surface area contributed by atoms with Crippen molar-refractivity contribution in [3.05, 3.63) is 35.2 Å². The molecule has 4 aromatic rings. The van der Waals surface area contributed by atoms with Gasteiger partial charge in [-0.1, -0.05) is 28.3 Å². The second-order valence-corrected chi connectivity index (χ2v) is 8.27. The number of nitrogens with two attached hydrogens (primary N) is 1. The van der Waals surface area contributed by atoms with Gasteiger partial charge in [0.15, 0.2) is 10.8 Å². The standard InChI is InChI=1S/C16H15F3N10OS2/c1-7-22-3-8(12(20)23-7)4-29-5-9(25-28-29)6-31-15-27-26-13(30-15)10-11(16(17,18)19)24-14(21-2)32-10/h3,5H,4,6H2,1-2H3,(H,21,24)(H2,20,22,23). The zero-order chi connectivity index (χ0) is 22.9. The smallest absolute Gasteiger partial charge is 0.410 e. The highest BCUT2D eigenvalue weighted by atomic mass is 32.2. The van der Waals surface area contributed by atoms with E-state index in [-0.39, 0.29) is 21.1 Å². The fraction of sp³-hybridized carbons (Fsp3) is 0.312. The molecular weight excluding hydrogens is 469 g/mol. The number of hydrogen-bond acceptors (Lipinski definition) is 12. The first-order valence-corrected chi connectivity index (χ1v) is 10.7. The van der Waals surface area contributed by atoms with Gasteiger partial charge in [0.1, 0.15) is 16.5 Å². The number of alkyl halides is 3. The van der Waals surface area contributed by atoms with Gasteiger partial charge in [-0.2, -0.15) is 13.2 Å². The molecule has 32 heavy (non-hydrogen) atoms. The second kappa shape index (κ2) is 8.70. The second-order valence-electron chi connectivity index (χ2n) is 6.34. The maximum Gasteiger partial charge on any atom is 0.435 e. The van der Waals surface area contributed by atoms with E-state index in [1.165, 1.54) is 7.05 Å². The molecule has 16 heteroatoms. The quantitative estimate of drug-likeness (QED) is 0.373. The lowest BCUT2D eigenvalue weighted by Crippen LogP contribution is -2.07. The molecule has 4 aromatic heterocycles. The molecule has 0 amide bonds. The average molecular weight is 484 g/mol. The summed E-state index contributed by atoms with van der Waals surface area (Å²) in [5.74, 6) is 1.00. The predicted octanol–water partition coefficient (Wildman–Crippen LogP) is 2.87. The van der Waals surface area contributed by atoms with E-state index < -0.39 is 11.9 Å². The zero-order valence-corrected chi connectivity index (χ0v) is 18.2. The maximum absolute atomic E-state index is 13.3. The third-order valence-electron chi connectivity index (χ3n) is 3.99. The molecule has 4 rings (SSSR count). The van der Waals surface area contributed by atoms with Crippen LogP contribution < -0.4 is 11.1 Å². The van der Waals surface area contributed by atoms with Crippen molar-refractivity contribution in [3.8, 4) is 10.8 Å². The number of aromatic nitrogens is 8. The molecule has 0 aromatic carbocycles. The van der Waals surface area contributed by atoms with Gasteiger partial charge in [0.2, 0.25) is 0 Å². The van der Waals surface area contributed by atoms with E-state index in [9.17, 15) is 13.2 Å². The number of thiazole rings is 1. The fourth-order valence-corrected chi connectivity index (χ4v) is 4.05. The number of hydrogen-bond donors (Lipinski definition) is 2. The molecule has 0 unspecified atom stereocenters. The van der Waals surface area contributed by atoms with Crippen molar-refractivity contribution in [1.82, 2.24) is 40.1 Å². The summed E-state index contributed by atoms with van der Waals surface area (Å²) in [7, 11) is 1.48. The predicted molar refractivity (Wildman–Crippen MR) is 110 cm³/mol. The summed E-state index contributed by atoms with van der Waals surface area (Å²) in [6, 6.07) is 0. The number of nitrogens with one attached hydrogen (secondary N) is 1. The van der Waals surface area contributed by atoms with Crippen molar-refractivity contribution >= 4 is 34.0 Å². The van der Waals surface area contributed by atoms with Gasteiger partial charge in [0.25, 0.3) is 11.1 Å². The van der Waals surface area contributed by atoms with E-state index in [2.05, 4.69) is 40.8 Å². The molecule has 0 aliphatic rings. The van der Waals surface area contributed by atoms with E-state index >= 15 is 0 Å². The third kappa shape index (κ3) is 4.80. The summed E-state index contributed by atoms with van der Waals surface area (Å²) in [5, 5.41) is 18.4. The molecule has 0 bridgehead atoms. The molecule has 0 saturated carbocycles. The highest BCUT2D eigenvalue weighted by Gasteiger charge is 2.39. The fourth-order valence-electron chi connectivity index (χ4n) is 2.55. The monoisotopic (exact) mass is 484 g/mol. The largest absolute Gasteiger partial charge is 0.435 e. The summed E-state index contributed by atoms with van der Waals surface area (Å²) in [6.45, 7) is 2.08. The maximum atomic E-state index is 13.3. The van der Waals surface area contributed by atoms with Crippen molar-refractivity contribution in [2.75, 3.05) is 18.1 Å². The molecule has 0 atom stereocenters. The van der Waals surface area contributed by atoms with Crippen LogP contribution in [0.4, 0.5) is 24.1 Å². The van der Waals surface area contributed by atoms with Gasteiger partial charge in [0, 0.05) is 30.8 Å². The van der Waals surface area contributed by atoms with Crippen LogP contribution in [0.1, 0.15) is 22.8 Å². The molecule has 0 radical (unpaired) electrons. The van der Waals surface area contributed by atoms with Crippen LogP contribution in [0.3, 0.4) is 0 Å². The first kappa shape index (κ1) is 21.9. The Labute approximate surface area is 186 Å². The van der Waals surface area contributed by atoms with Gasteiger partial charge in [0.05, 0.1) is 12.2 Å². The number of thioether (sulfide) groups is 1. The van der Waals surface area contributed by atoms with Gasteiger partial charge >= 0.3 is 6.18 Å². The van der Waals surface area contributed by atoms with Crippen LogP contribution in [-0.2, 0) is 18.5 Å². The van der Waals surface area contributed by atoms with E-state index in [0.717, 1.165) is 23.1 Å². The summed E-state index contributed by atoms with van der Waals surface area (Å²) < 4.78 is 46.7. The summed E-state index contributed by atoms with van der Waals surface area (Å²) in [6.07, 6.45) is -1.32. The van der Waals surface area contributed by atoms with Crippen LogP contribution in [0.15, 0.2) is 22.0 Å². The van der Waals surface area contributed by atoms with Gasteiger partial charge in [-0.3, -0.25) is 0 Å². The van der Waals surface area contributed by atoms with Gasteiger partial charge in [-0.15, -0.1) is 15.3 Å². The van der Waals surface area contributed by atoms with Gasteiger partial charge < -0.3 is 15.5 Å². The number of rotatable bonds is 7. The molecular formula is C16H15F3N10OS2. The Kier molecular flexibility index (Phi) is 5.96. The molecule has 0 saturated heterocycles. The van der Waals surface area contributed by atoms with Crippen molar-refractivity contribution in [2.45, 2.75) is 30.6 Å². The summed E-state index contributed by atoms with van der Waals surface area (Å²) in [5.41, 5.74) is 6.12. The van der Waals surface area contributed by atoms with E-state index in [1.807, 2.05) is 0 Å². The Morgan fingerprint density at radius 1 is 1.25 bits per heavy atom. The number of halogens is 3. The molecule has 0 spiro atoms. The topological polar surface area (TPSA) is 146 Å². The summed E-state index contributed by atoms with van der Waals surface area (Å²) in [4.78, 5) is 11.5. The van der Waals surface area contributed by atoms with Crippen LogP contribution in [0, 0.1) is 6.92 Å². The SMILES string of the molecule is CNc1nc(C(F)(F)F)c(-c2nnc(SCc3cn(Cc4cnc(C)nc4N)nn3)o2)s1. The van der Waals surface area contributed by atoms with Gasteiger partial charge in [-0.05, 0) is 6.92 Å². The third-order valence-corrected chi connectivity index (χ3v) is 5.90. The molecule has 4 heterocycles. The minimum atomic E-state index is -4.65. The Hall–Kier alpha value is -3.27. The number of nitrogen functional groups attached to an aromatic ring is 1. The Bertz CT molecular complexity index is 1240. The first-order valence-electron chi connectivity index (χ1n) is 8.92. The molecule has 3 N–H and O–H groups in total. The normalized spacial score (nSPS) is 11.8. The molecule has 11 nitrogen and oxygen atoms in total.